The van der Waals surface area contributed by atoms with E-state index in [1.165, 1.54) is 0 Å². The molecule has 1 aliphatic heterocycles. The zero-order valence-corrected chi connectivity index (χ0v) is 14.6. The summed E-state index contributed by atoms with van der Waals surface area (Å²) in [6.07, 6.45) is 0. The highest BCUT2D eigenvalue weighted by atomic mass is 32.1. The lowest BCUT2D eigenvalue weighted by Crippen LogP contribution is -2.51. The summed E-state index contributed by atoms with van der Waals surface area (Å²) >= 11 is 1.57. The molecule has 7 heteroatoms. The maximum atomic E-state index is 12.5. The fourth-order valence-electron chi connectivity index (χ4n) is 3.15. The second-order valence-electron chi connectivity index (χ2n) is 6.11. The van der Waals surface area contributed by atoms with Crippen LogP contribution in [-0.2, 0) is 4.79 Å². The van der Waals surface area contributed by atoms with Crippen LogP contribution in [0.3, 0.4) is 0 Å². The molecule has 1 aliphatic rings. The van der Waals surface area contributed by atoms with Gasteiger partial charge < -0.3 is 9.88 Å². The van der Waals surface area contributed by atoms with Gasteiger partial charge in [-0.25, -0.2) is 4.98 Å². The molecule has 128 valence electrons. The minimum Gasteiger partial charge on any atom is -0.309 e. The van der Waals surface area contributed by atoms with E-state index in [-0.39, 0.29) is 17.5 Å². The number of nitrogens with one attached hydrogen (secondary N) is 1. The molecule has 1 N–H and O–H groups in total. The summed E-state index contributed by atoms with van der Waals surface area (Å²) in [6, 6.07) is 11.1. The molecule has 1 unspecified atom stereocenters. The van der Waals surface area contributed by atoms with Crippen molar-refractivity contribution in [3.05, 3.63) is 58.0 Å². The van der Waals surface area contributed by atoms with Gasteiger partial charge in [0.2, 0.25) is 5.91 Å². The molecule has 0 saturated carbocycles. The zero-order valence-electron chi connectivity index (χ0n) is 13.8. The minimum atomic E-state index is -0.143. The molecular formula is C18H18N4O2S. The number of H-pyrrole nitrogens is 1. The van der Waals surface area contributed by atoms with Gasteiger partial charge in [-0.15, -0.1) is 11.3 Å². The summed E-state index contributed by atoms with van der Waals surface area (Å²) in [5.74, 6) is 0.671. The van der Waals surface area contributed by atoms with E-state index in [1.807, 2.05) is 47.5 Å². The summed E-state index contributed by atoms with van der Waals surface area (Å²) < 4.78 is 0. The lowest BCUT2D eigenvalue weighted by atomic mass is 10.2. The second-order valence-corrected chi connectivity index (χ2v) is 7.04. The van der Waals surface area contributed by atoms with Crippen LogP contribution in [0.2, 0.25) is 0 Å². The molecular weight excluding hydrogens is 336 g/mol. The first-order valence-corrected chi connectivity index (χ1v) is 9.08. The number of hydrogen-bond acceptors (Lipinski definition) is 5. The number of benzene rings is 1. The molecule has 4 rings (SSSR count). The molecule has 0 spiro atoms. The quantitative estimate of drug-likeness (QED) is 0.784. The lowest BCUT2D eigenvalue weighted by Gasteiger charge is -2.36. The van der Waals surface area contributed by atoms with Crippen molar-refractivity contribution in [2.75, 3.05) is 24.5 Å². The molecule has 6 nitrogen and oxygen atoms in total. The monoisotopic (exact) mass is 354 g/mol. The first-order chi connectivity index (χ1) is 12.1. The van der Waals surface area contributed by atoms with Gasteiger partial charge in [0, 0.05) is 13.1 Å². The molecule has 3 aromatic rings. The lowest BCUT2D eigenvalue weighted by molar-refractivity contribution is -0.121. The molecule has 0 radical (unpaired) electrons. The third-order valence-electron chi connectivity index (χ3n) is 4.60. The smallest absolute Gasteiger partial charge is 0.258 e. The van der Waals surface area contributed by atoms with Gasteiger partial charge >= 0.3 is 0 Å². The van der Waals surface area contributed by atoms with Gasteiger partial charge in [-0.3, -0.25) is 14.5 Å². The number of carbonyl (C=O) groups is 1. The Morgan fingerprint density at radius 3 is 2.76 bits per heavy atom. The van der Waals surface area contributed by atoms with Gasteiger partial charge in [0.05, 0.1) is 28.5 Å². The fraction of sp³-hybridized carbons (Fsp3) is 0.278. The maximum Gasteiger partial charge on any atom is 0.258 e. The Kier molecular flexibility index (Phi) is 4.10. The Balaban J connectivity index is 1.57. The number of aromatic nitrogens is 2. The SMILES string of the molecule is CC(c1nc2ccccc2c(=O)[nH]1)N1CCN(c2cccs2)C(=O)C1. The van der Waals surface area contributed by atoms with Crippen molar-refractivity contribution in [3.8, 4) is 0 Å². The van der Waals surface area contributed by atoms with E-state index >= 15 is 0 Å². The first-order valence-electron chi connectivity index (χ1n) is 8.20. The van der Waals surface area contributed by atoms with Crippen molar-refractivity contribution in [2.24, 2.45) is 0 Å². The molecule has 1 aromatic carbocycles. The normalized spacial score (nSPS) is 17.2. The molecule has 0 bridgehead atoms. The number of carbonyl (C=O) groups excluding carboxylic acids is 1. The van der Waals surface area contributed by atoms with Crippen LogP contribution in [-0.4, -0.2) is 40.4 Å². The molecule has 0 aliphatic carbocycles. The van der Waals surface area contributed by atoms with Gasteiger partial charge in [-0.1, -0.05) is 12.1 Å². The molecule has 1 saturated heterocycles. The van der Waals surface area contributed by atoms with E-state index in [0.29, 0.717) is 29.8 Å². The number of anilines is 1. The van der Waals surface area contributed by atoms with Gasteiger partial charge in [0.15, 0.2) is 0 Å². The number of nitrogens with zero attached hydrogens (tertiary/aromatic N) is 3. The van der Waals surface area contributed by atoms with Crippen molar-refractivity contribution < 1.29 is 4.79 Å². The Bertz CT molecular complexity index is 967. The van der Waals surface area contributed by atoms with Gasteiger partial charge in [0.1, 0.15) is 5.82 Å². The zero-order chi connectivity index (χ0) is 17.4. The van der Waals surface area contributed by atoms with Crippen molar-refractivity contribution >= 4 is 33.1 Å². The van der Waals surface area contributed by atoms with E-state index in [1.54, 1.807) is 17.4 Å². The average molecular weight is 354 g/mol. The fourth-order valence-corrected chi connectivity index (χ4v) is 3.93. The van der Waals surface area contributed by atoms with Gasteiger partial charge in [-0.05, 0) is 36.6 Å². The number of para-hydroxylation sites is 1. The number of thiophene rings is 1. The first kappa shape index (κ1) is 16.0. The summed E-state index contributed by atoms with van der Waals surface area (Å²) in [5, 5.41) is 3.54. The third-order valence-corrected chi connectivity index (χ3v) is 5.49. The third kappa shape index (κ3) is 2.96. The molecule has 1 atom stereocenters. The topological polar surface area (TPSA) is 69.3 Å². The number of fused-ring (bicyclic) bond motifs is 1. The molecule has 25 heavy (non-hydrogen) atoms. The van der Waals surface area contributed by atoms with Crippen LogP contribution in [0.4, 0.5) is 5.00 Å². The standard InChI is InChI=1S/C18H18N4O2S/c1-12(17-19-14-6-3-2-5-13(14)18(24)20-17)21-8-9-22(15(23)11-21)16-7-4-10-25-16/h2-7,10,12H,8-9,11H2,1H3,(H,19,20,24). The van der Waals surface area contributed by atoms with Crippen molar-refractivity contribution in [3.63, 3.8) is 0 Å². The highest BCUT2D eigenvalue weighted by Gasteiger charge is 2.29. The van der Waals surface area contributed by atoms with E-state index in [9.17, 15) is 9.59 Å². The van der Waals surface area contributed by atoms with E-state index in [4.69, 9.17) is 0 Å². The summed E-state index contributed by atoms with van der Waals surface area (Å²) in [6.45, 7) is 3.67. The van der Waals surface area contributed by atoms with Gasteiger partial charge in [-0.2, -0.15) is 0 Å². The maximum absolute atomic E-state index is 12.5. The number of rotatable bonds is 3. The predicted octanol–water partition coefficient (Wildman–Crippen LogP) is 2.39. The summed E-state index contributed by atoms with van der Waals surface area (Å²) in [5.41, 5.74) is 0.535. The van der Waals surface area contributed by atoms with Crippen LogP contribution in [0.15, 0.2) is 46.6 Å². The van der Waals surface area contributed by atoms with E-state index in [2.05, 4.69) is 14.9 Å². The van der Waals surface area contributed by atoms with Crippen molar-refractivity contribution in [1.29, 1.82) is 0 Å². The van der Waals surface area contributed by atoms with Crippen LogP contribution in [0, 0.1) is 0 Å². The Morgan fingerprint density at radius 1 is 1.16 bits per heavy atom. The van der Waals surface area contributed by atoms with Crippen LogP contribution >= 0.6 is 11.3 Å². The van der Waals surface area contributed by atoms with E-state index < -0.39 is 0 Å². The Hall–Kier alpha value is -2.51. The average Bonchev–Trinajstić information content (AvgIpc) is 3.15. The number of amides is 1. The number of hydrogen-bond donors (Lipinski definition) is 1. The number of piperazine rings is 1. The Labute approximate surface area is 148 Å². The van der Waals surface area contributed by atoms with Crippen molar-refractivity contribution in [2.45, 2.75) is 13.0 Å². The Morgan fingerprint density at radius 2 is 2.00 bits per heavy atom. The van der Waals surface area contributed by atoms with Crippen LogP contribution in [0.1, 0.15) is 18.8 Å². The van der Waals surface area contributed by atoms with Crippen LogP contribution in [0.25, 0.3) is 10.9 Å². The molecule has 1 amide bonds. The predicted molar refractivity (Wildman–Crippen MR) is 99.0 cm³/mol. The molecule has 3 heterocycles. The van der Waals surface area contributed by atoms with Gasteiger partial charge in [0.25, 0.3) is 5.56 Å². The van der Waals surface area contributed by atoms with Crippen molar-refractivity contribution in [1.82, 2.24) is 14.9 Å². The van der Waals surface area contributed by atoms with E-state index in [0.717, 1.165) is 11.5 Å². The largest absolute Gasteiger partial charge is 0.309 e. The second kappa shape index (κ2) is 6.42. The van der Waals surface area contributed by atoms with Crippen LogP contribution < -0.4 is 10.5 Å². The summed E-state index contributed by atoms with van der Waals surface area (Å²) in [4.78, 5) is 36.1. The van der Waals surface area contributed by atoms with Crippen LogP contribution in [0.5, 0.6) is 0 Å². The molecule has 2 aromatic heterocycles. The highest BCUT2D eigenvalue weighted by Crippen LogP contribution is 2.26. The number of aromatic amines is 1. The summed E-state index contributed by atoms with van der Waals surface area (Å²) in [7, 11) is 0. The highest BCUT2D eigenvalue weighted by molar-refractivity contribution is 7.14. The minimum absolute atomic E-state index is 0.0729. The molecule has 1 fully saturated rings.